The SMILES string of the molecule is Cc1ncc(CN(C)S(=O)(=O)c2n[nH]c(C)c2C(=O)O)s1. The van der Waals surface area contributed by atoms with Crippen LogP contribution in [-0.4, -0.2) is 46.0 Å². The van der Waals surface area contributed by atoms with Crippen LogP contribution in [0.15, 0.2) is 11.2 Å². The molecule has 0 radical (unpaired) electrons. The van der Waals surface area contributed by atoms with Crippen molar-refractivity contribution in [3.63, 3.8) is 0 Å². The largest absolute Gasteiger partial charge is 0.478 e. The van der Waals surface area contributed by atoms with Crippen LogP contribution in [0.2, 0.25) is 0 Å². The van der Waals surface area contributed by atoms with E-state index in [1.54, 1.807) is 6.20 Å². The van der Waals surface area contributed by atoms with Gasteiger partial charge in [0.05, 0.1) is 5.01 Å². The van der Waals surface area contributed by atoms with E-state index >= 15 is 0 Å². The number of nitrogens with one attached hydrogen (secondary N) is 1. The number of carbonyl (C=O) groups is 1. The molecule has 2 N–H and O–H groups in total. The second-order valence-corrected chi connectivity index (χ2v) is 7.72. The Hall–Kier alpha value is -1.78. The molecule has 10 heteroatoms. The Balaban J connectivity index is 2.35. The summed E-state index contributed by atoms with van der Waals surface area (Å²) in [5, 5.41) is 15.5. The normalized spacial score (nSPS) is 12.0. The summed E-state index contributed by atoms with van der Waals surface area (Å²) < 4.78 is 26.0. The molecule has 0 aliphatic rings. The fraction of sp³-hybridized carbons (Fsp3) is 0.364. The molecule has 0 aliphatic heterocycles. The Morgan fingerprint density at radius 2 is 2.14 bits per heavy atom. The van der Waals surface area contributed by atoms with Crippen LogP contribution in [0.4, 0.5) is 0 Å². The van der Waals surface area contributed by atoms with Crippen molar-refractivity contribution in [3.8, 4) is 0 Å². The number of aryl methyl sites for hydroxylation is 2. The molecule has 21 heavy (non-hydrogen) atoms. The minimum absolute atomic E-state index is 0.110. The van der Waals surface area contributed by atoms with Gasteiger partial charge in [0, 0.05) is 30.4 Å². The maximum absolute atomic E-state index is 12.4. The molecule has 2 heterocycles. The molecule has 2 rings (SSSR count). The zero-order chi connectivity index (χ0) is 15.8. The Kier molecular flexibility index (Phi) is 4.12. The summed E-state index contributed by atoms with van der Waals surface area (Å²) >= 11 is 1.38. The fourth-order valence-corrected chi connectivity index (χ4v) is 3.97. The molecular weight excluding hydrogens is 316 g/mol. The van der Waals surface area contributed by atoms with E-state index in [4.69, 9.17) is 5.11 Å². The van der Waals surface area contributed by atoms with Gasteiger partial charge in [-0.1, -0.05) is 0 Å². The minimum atomic E-state index is -3.99. The number of nitrogens with zero attached hydrogens (tertiary/aromatic N) is 3. The van der Waals surface area contributed by atoms with Gasteiger partial charge >= 0.3 is 5.97 Å². The number of hydrogen-bond acceptors (Lipinski definition) is 6. The highest BCUT2D eigenvalue weighted by Gasteiger charge is 2.31. The second kappa shape index (κ2) is 5.54. The summed E-state index contributed by atoms with van der Waals surface area (Å²) in [5.74, 6) is -1.33. The molecule has 0 spiro atoms. The van der Waals surface area contributed by atoms with Gasteiger partial charge < -0.3 is 5.11 Å². The molecule has 8 nitrogen and oxygen atoms in total. The number of sulfonamides is 1. The molecule has 0 unspecified atom stereocenters. The molecule has 114 valence electrons. The summed E-state index contributed by atoms with van der Waals surface area (Å²) in [7, 11) is -2.62. The van der Waals surface area contributed by atoms with Crippen LogP contribution in [0.25, 0.3) is 0 Å². The predicted octanol–water partition coefficient (Wildman–Crippen LogP) is 1.00. The van der Waals surface area contributed by atoms with Crippen molar-refractivity contribution in [2.24, 2.45) is 0 Å². The highest BCUT2D eigenvalue weighted by molar-refractivity contribution is 7.89. The van der Waals surface area contributed by atoms with Gasteiger partial charge in [-0.05, 0) is 13.8 Å². The third-order valence-electron chi connectivity index (χ3n) is 2.83. The Morgan fingerprint density at radius 1 is 1.48 bits per heavy atom. The number of hydrogen-bond donors (Lipinski definition) is 2. The smallest absolute Gasteiger partial charge is 0.340 e. The molecule has 0 saturated carbocycles. The van der Waals surface area contributed by atoms with Crippen molar-refractivity contribution < 1.29 is 18.3 Å². The lowest BCUT2D eigenvalue weighted by atomic mass is 10.3. The van der Waals surface area contributed by atoms with Crippen LogP contribution < -0.4 is 0 Å². The first-order valence-electron chi connectivity index (χ1n) is 5.89. The van der Waals surface area contributed by atoms with E-state index in [2.05, 4.69) is 15.2 Å². The summed E-state index contributed by atoms with van der Waals surface area (Å²) in [6.07, 6.45) is 1.60. The lowest BCUT2D eigenvalue weighted by Gasteiger charge is -2.14. The summed E-state index contributed by atoms with van der Waals surface area (Å²) in [6.45, 7) is 3.39. The molecule has 0 atom stereocenters. The lowest BCUT2D eigenvalue weighted by molar-refractivity contribution is 0.0691. The number of aromatic carboxylic acids is 1. The number of rotatable bonds is 5. The monoisotopic (exact) mass is 330 g/mol. The van der Waals surface area contributed by atoms with Crippen molar-refractivity contribution >= 4 is 27.3 Å². The topological polar surface area (TPSA) is 116 Å². The first-order valence-corrected chi connectivity index (χ1v) is 8.15. The summed E-state index contributed by atoms with van der Waals surface area (Å²) in [4.78, 5) is 16.0. The number of carboxylic acids is 1. The van der Waals surface area contributed by atoms with E-state index in [-0.39, 0.29) is 17.8 Å². The molecule has 0 saturated heterocycles. The zero-order valence-corrected chi connectivity index (χ0v) is 13.2. The van der Waals surface area contributed by atoms with Crippen molar-refractivity contribution in [2.75, 3.05) is 7.05 Å². The summed E-state index contributed by atoms with van der Waals surface area (Å²) in [6, 6.07) is 0. The molecule has 0 aromatic carbocycles. The van der Waals surface area contributed by atoms with E-state index in [9.17, 15) is 13.2 Å². The number of H-pyrrole nitrogens is 1. The van der Waals surface area contributed by atoms with E-state index in [0.29, 0.717) is 0 Å². The third-order valence-corrected chi connectivity index (χ3v) is 5.46. The molecule has 2 aromatic rings. The van der Waals surface area contributed by atoms with E-state index < -0.39 is 21.0 Å². The van der Waals surface area contributed by atoms with E-state index in [0.717, 1.165) is 14.2 Å². The van der Waals surface area contributed by atoms with Gasteiger partial charge in [0.2, 0.25) is 5.03 Å². The Morgan fingerprint density at radius 3 is 2.67 bits per heavy atom. The molecule has 0 amide bonds. The molecular formula is C11H14N4O4S2. The predicted molar refractivity (Wildman–Crippen MR) is 75.8 cm³/mol. The van der Waals surface area contributed by atoms with E-state index in [1.807, 2.05) is 6.92 Å². The van der Waals surface area contributed by atoms with Crippen LogP contribution in [0, 0.1) is 13.8 Å². The van der Waals surface area contributed by atoms with Crippen molar-refractivity contribution in [1.82, 2.24) is 19.5 Å². The summed E-state index contributed by atoms with van der Waals surface area (Å²) in [5.41, 5.74) is -0.134. The highest BCUT2D eigenvalue weighted by Crippen LogP contribution is 2.22. The molecule has 0 bridgehead atoms. The standard InChI is InChI=1S/C11H14N4O4S2/c1-6-9(11(16)17)10(14-13-6)21(18,19)15(3)5-8-4-12-7(2)20-8/h4H,5H2,1-3H3,(H,13,14)(H,16,17). The van der Waals surface area contributed by atoms with Gasteiger partial charge in [-0.25, -0.2) is 18.2 Å². The molecule has 0 fully saturated rings. The van der Waals surface area contributed by atoms with Crippen molar-refractivity contribution in [3.05, 3.63) is 27.3 Å². The van der Waals surface area contributed by atoms with Gasteiger partial charge in [0.1, 0.15) is 5.56 Å². The average Bonchev–Trinajstić information content (AvgIpc) is 2.95. The Bertz CT molecular complexity index is 778. The van der Waals surface area contributed by atoms with Crippen LogP contribution in [0.5, 0.6) is 0 Å². The zero-order valence-electron chi connectivity index (χ0n) is 11.6. The number of aromatic amines is 1. The number of thiazole rings is 1. The van der Waals surface area contributed by atoms with Crippen LogP contribution in [0.1, 0.15) is 25.9 Å². The van der Waals surface area contributed by atoms with E-state index in [1.165, 1.54) is 25.3 Å². The Labute approximate surface area is 125 Å². The maximum Gasteiger partial charge on any atom is 0.340 e. The van der Waals surface area contributed by atoms with Gasteiger partial charge in [0.25, 0.3) is 10.0 Å². The highest BCUT2D eigenvalue weighted by atomic mass is 32.2. The van der Waals surface area contributed by atoms with Crippen molar-refractivity contribution in [2.45, 2.75) is 25.4 Å². The first kappa shape index (κ1) is 15.6. The quantitative estimate of drug-likeness (QED) is 0.845. The first-order chi connectivity index (χ1) is 9.73. The number of carboxylic acid groups (broad SMARTS) is 1. The van der Waals surface area contributed by atoms with Crippen LogP contribution in [-0.2, 0) is 16.6 Å². The van der Waals surface area contributed by atoms with Crippen LogP contribution in [0.3, 0.4) is 0 Å². The van der Waals surface area contributed by atoms with Gasteiger partial charge in [-0.3, -0.25) is 5.10 Å². The van der Waals surface area contributed by atoms with Gasteiger partial charge in [-0.15, -0.1) is 11.3 Å². The average molecular weight is 330 g/mol. The fourth-order valence-electron chi connectivity index (χ4n) is 1.78. The second-order valence-electron chi connectivity index (χ2n) is 4.44. The molecule has 0 aliphatic carbocycles. The van der Waals surface area contributed by atoms with Crippen LogP contribution >= 0.6 is 11.3 Å². The molecule has 2 aromatic heterocycles. The van der Waals surface area contributed by atoms with Crippen molar-refractivity contribution in [1.29, 1.82) is 0 Å². The maximum atomic E-state index is 12.4. The number of aromatic nitrogens is 3. The minimum Gasteiger partial charge on any atom is -0.478 e. The van der Waals surface area contributed by atoms with Gasteiger partial charge in [-0.2, -0.15) is 9.40 Å². The van der Waals surface area contributed by atoms with Gasteiger partial charge in [0.15, 0.2) is 0 Å². The third kappa shape index (κ3) is 2.96. The lowest BCUT2D eigenvalue weighted by Crippen LogP contribution is -2.28.